The quantitative estimate of drug-likeness (QED) is 0.846. The SMILES string of the molecule is C=CC1=C(C(C)Oc2ccccc2F)C(C)C2N=CC(C=O)=C2N1. The van der Waals surface area contributed by atoms with E-state index in [1.807, 2.05) is 13.8 Å². The molecular formula is C19H19FN2O2. The van der Waals surface area contributed by atoms with Crippen LogP contribution in [0.1, 0.15) is 13.8 Å². The predicted octanol–water partition coefficient (Wildman–Crippen LogP) is 3.18. The molecule has 0 saturated carbocycles. The van der Waals surface area contributed by atoms with E-state index in [0.29, 0.717) is 5.57 Å². The van der Waals surface area contributed by atoms with Crippen LogP contribution in [0, 0.1) is 11.7 Å². The third-order valence-corrected chi connectivity index (χ3v) is 4.43. The van der Waals surface area contributed by atoms with Crippen LogP contribution in [-0.4, -0.2) is 24.6 Å². The summed E-state index contributed by atoms with van der Waals surface area (Å²) in [7, 11) is 0. The first-order chi connectivity index (χ1) is 11.6. The number of halogens is 1. The average Bonchev–Trinajstić information content (AvgIpc) is 2.99. The van der Waals surface area contributed by atoms with Gasteiger partial charge in [0.2, 0.25) is 0 Å². The third-order valence-electron chi connectivity index (χ3n) is 4.43. The van der Waals surface area contributed by atoms with E-state index in [4.69, 9.17) is 4.74 Å². The maximum atomic E-state index is 13.9. The number of para-hydroxylation sites is 1. The second-order valence-electron chi connectivity index (χ2n) is 5.89. The zero-order valence-electron chi connectivity index (χ0n) is 13.6. The van der Waals surface area contributed by atoms with Gasteiger partial charge in [-0.25, -0.2) is 4.39 Å². The molecular weight excluding hydrogens is 307 g/mol. The number of aliphatic imine (C=N–C) groups is 1. The van der Waals surface area contributed by atoms with E-state index in [-0.39, 0.29) is 23.8 Å². The summed E-state index contributed by atoms with van der Waals surface area (Å²) in [6, 6.07) is 6.17. The molecule has 24 heavy (non-hydrogen) atoms. The van der Waals surface area contributed by atoms with Gasteiger partial charge in [-0.3, -0.25) is 9.79 Å². The first-order valence-electron chi connectivity index (χ1n) is 7.84. The van der Waals surface area contributed by atoms with E-state index >= 15 is 0 Å². The van der Waals surface area contributed by atoms with Crippen molar-refractivity contribution in [3.8, 4) is 5.75 Å². The van der Waals surface area contributed by atoms with E-state index in [2.05, 4.69) is 16.9 Å². The Balaban J connectivity index is 1.95. The zero-order chi connectivity index (χ0) is 17.3. The maximum Gasteiger partial charge on any atom is 0.165 e. The monoisotopic (exact) mass is 326 g/mol. The number of nitrogens with one attached hydrogen (secondary N) is 1. The Morgan fingerprint density at radius 1 is 1.42 bits per heavy atom. The lowest BCUT2D eigenvalue weighted by Gasteiger charge is -2.35. The normalized spacial score (nSPS) is 23.6. The molecule has 0 saturated heterocycles. The Kier molecular flexibility index (Phi) is 4.34. The minimum absolute atomic E-state index is 0.00437. The molecule has 0 bridgehead atoms. The summed E-state index contributed by atoms with van der Waals surface area (Å²) in [6.45, 7) is 7.74. The van der Waals surface area contributed by atoms with Crippen molar-refractivity contribution >= 4 is 12.5 Å². The molecule has 2 heterocycles. The molecule has 0 radical (unpaired) electrons. The van der Waals surface area contributed by atoms with Gasteiger partial charge in [0.05, 0.1) is 17.3 Å². The first kappa shape index (κ1) is 16.2. The molecule has 2 aliphatic rings. The minimum atomic E-state index is -0.399. The van der Waals surface area contributed by atoms with E-state index in [0.717, 1.165) is 23.3 Å². The number of ether oxygens (including phenoxy) is 1. The molecule has 1 aromatic rings. The summed E-state index contributed by atoms with van der Waals surface area (Å²) >= 11 is 0. The topological polar surface area (TPSA) is 50.7 Å². The van der Waals surface area contributed by atoms with Crippen LogP contribution in [0.25, 0.3) is 0 Å². The van der Waals surface area contributed by atoms with Crippen LogP contribution in [-0.2, 0) is 4.79 Å². The van der Waals surface area contributed by atoms with Crippen LogP contribution in [0.3, 0.4) is 0 Å². The zero-order valence-corrected chi connectivity index (χ0v) is 13.6. The molecule has 1 N–H and O–H groups in total. The Morgan fingerprint density at radius 3 is 2.83 bits per heavy atom. The number of rotatable bonds is 5. The summed E-state index contributed by atoms with van der Waals surface area (Å²) < 4.78 is 19.7. The van der Waals surface area contributed by atoms with E-state index in [1.54, 1.807) is 30.5 Å². The lowest BCUT2D eigenvalue weighted by atomic mass is 9.83. The molecule has 3 unspecified atom stereocenters. The van der Waals surface area contributed by atoms with Crippen LogP contribution >= 0.6 is 0 Å². The number of aldehydes is 1. The van der Waals surface area contributed by atoms with Crippen LogP contribution in [0.5, 0.6) is 5.75 Å². The molecule has 1 aromatic carbocycles. The molecule has 0 amide bonds. The highest BCUT2D eigenvalue weighted by Crippen LogP contribution is 2.36. The Hall–Kier alpha value is -2.69. The third kappa shape index (κ3) is 2.66. The van der Waals surface area contributed by atoms with Gasteiger partial charge in [0.1, 0.15) is 6.10 Å². The smallest absolute Gasteiger partial charge is 0.165 e. The van der Waals surface area contributed by atoms with E-state index in [1.165, 1.54) is 6.07 Å². The number of allylic oxidation sites excluding steroid dienone is 2. The molecule has 0 aliphatic carbocycles. The van der Waals surface area contributed by atoms with Crippen molar-refractivity contribution in [3.05, 3.63) is 65.3 Å². The number of benzene rings is 1. The lowest BCUT2D eigenvalue weighted by molar-refractivity contribution is -0.104. The van der Waals surface area contributed by atoms with E-state index in [9.17, 15) is 9.18 Å². The standard InChI is InChI=1S/C19H19FN2O2/c1-4-15-17(12(3)24-16-8-6-5-7-14(16)20)11(2)18-19(22-15)13(10-23)9-21-18/h4-12,18,22H,1H2,2-3H3. The molecule has 3 rings (SSSR count). The van der Waals surface area contributed by atoms with Gasteiger partial charge in [-0.05, 0) is 30.7 Å². The summed E-state index contributed by atoms with van der Waals surface area (Å²) in [5, 5.41) is 3.24. The number of nitrogens with zero attached hydrogens (tertiary/aromatic N) is 1. The summed E-state index contributed by atoms with van der Waals surface area (Å²) in [6.07, 6.45) is 3.71. The van der Waals surface area contributed by atoms with Gasteiger partial charge in [0.25, 0.3) is 0 Å². The molecule has 0 aromatic heterocycles. The highest BCUT2D eigenvalue weighted by Gasteiger charge is 2.37. The number of carbonyl (C=O) groups is 1. The summed E-state index contributed by atoms with van der Waals surface area (Å²) in [5.41, 5.74) is 3.07. The first-order valence-corrected chi connectivity index (χ1v) is 7.84. The highest BCUT2D eigenvalue weighted by molar-refractivity contribution is 6.04. The Morgan fingerprint density at radius 2 is 2.17 bits per heavy atom. The summed E-state index contributed by atoms with van der Waals surface area (Å²) in [4.78, 5) is 15.6. The Labute approximate surface area is 140 Å². The largest absolute Gasteiger partial charge is 0.483 e. The molecule has 3 atom stereocenters. The van der Waals surface area contributed by atoms with Crippen molar-refractivity contribution in [2.45, 2.75) is 26.0 Å². The van der Waals surface area contributed by atoms with Crippen molar-refractivity contribution in [2.75, 3.05) is 0 Å². The van der Waals surface area contributed by atoms with Crippen LogP contribution in [0.4, 0.5) is 4.39 Å². The van der Waals surface area contributed by atoms with Crippen LogP contribution < -0.4 is 10.1 Å². The van der Waals surface area contributed by atoms with Crippen LogP contribution in [0.15, 0.2) is 64.5 Å². The van der Waals surface area contributed by atoms with Crippen molar-refractivity contribution in [3.63, 3.8) is 0 Å². The maximum absolute atomic E-state index is 13.9. The molecule has 124 valence electrons. The second kappa shape index (κ2) is 6.43. The molecule has 0 fully saturated rings. The number of hydrogen-bond acceptors (Lipinski definition) is 4. The van der Waals surface area contributed by atoms with Crippen LogP contribution in [0.2, 0.25) is 0 Å². The average molecular weight is 326 g/mol. The Bertz CT molecular complexity index is 779. The lowest BCUT2D eigenvalue weighted by Crippen LogP contribution is -2.39. The van der Waals surface area contributed by atoms with Gasteiger partial charge in [0, 0.05) is 17.8 Å². The molecule has 2 aliphatic heterocycles. The minimum Gasteiger partial charge on any atom is -0.483 e. The second-order valence-corrected chi connectivity index (χ2v) is 5.89. The van der Waals surface area contributed by atoms with Gasteiger partial charge in [-0.15, -0.1) is 0 Å². The fraction of sp³-hybridized carbons (Fsp3) is 0.263. The fourth-order valence-corrected chi connectivity index (χ4v) is 3.28. The van der Waals surface area contributed by atoms with Gasteiger partial charge in [-0.2, -0.15) is 0 Å². The highest BCUT2D eigenvalue weighted by atomic mass is 19.1. The molecule has 5 heteroatoms. The number of fused-ring (bicyclic) bond motifs is 1. The molecule has 4 nitrogen and oxygen atoms in total. The van der Waals surface area contributed by atoms with Gasteiger partial charge >= 0.3 is 0 Å². The molecule has 0 spiro atoms. The predicted molar refractivity (Wildman–Crippen MR) is 91.4 cm³/mol. The number of carbonyl (C=O) groups excluding carboxylic acids is 1. The fourth-order valence-electron chi connectivity index (χ4n) is 3.28. The van der Waals surface area contributed by atoms with Crippen molar-refractivity contribution in [2.24, 2.45) is 10.9 Å². The van der Waals surface area contributed by atoms with Crippen molar-refractivity contribution in [1.82, 2.24) is 5.32 Å². The summed E-state index contributed by atoms with van der Waals surface area (Å²) in [5.74, 6) is -0.188. The van der Waals surface area contributed by atoms with Gasteiger partial charge < -0.3 is 10.1 Å². The van der Waals surface area contributed by atoms with E-state index < -0.39 is 5.82 Å². The number of hydrogen-bond donors (Lipinski definition) is 1. The van der Waals surface area contributed by atoms with Gasteiger partial charge in [0.15, 0.2) is 17.9 Å². The van der Waals surface area contributed by atoms with Crippen molar-refractivity contribution in [1.29, 1.82) is 0 Å². The van der Waals surface area contributed by atoms with Gasteiger partial charge in [-0.1, -0.05) is 25.6 Å². The van der Waals surface area contributed by atoms with Crippen molar-refractivity contribution < 1.29 is 13.9 Å².